The van der Waals surface area contributed by atoms with Gasteiger partial charge in [0.2, 0.25) is 0 Å². The van der Waals surface area contributed by atoms with Crippen molar-refractivity contribution in [1.29, 1.82) is 5.26 Å². The number of nitrogens with zero attached hydrogens (tertiary/aromatic N) is 9. The van der Waals surface area contributed by atoms with Crippen molar-refractivity contribution in [1.82, 2.24) is 29.5 Å². The number of alkyl halides is 3. The molecule has 310 valence electrons. The number of rotatable bonds is 13. The number of hydrogen-bond acceptors (Lipinski definition) is 11. The summed E-state index contributed by atoms with van der Waals surface area (Å²) in [6.45, 7) is 11.2. The fraction of sp³-hybridized carbons (Fsp3) is 0.537. The lowest BCUT2D eigenvalue weighted by Crippen LogP contribution is -2.55. The molecule has 2 fully saturated rings. The molecule has 17 heteroatoms. The predicted octanol–water partition coefficient (Wildman–Crippen LogP) is 6.79. The highest BCUT2D eigenvalue weighted by Gasteiger charge is 2.39. The molecule has 2 atom stereocenters. The van der Waals surface area contributed by atoms with Gasteiger partial charge in [0, 0.05) is 64.3 Å². The zero-order valence-corrected chi connectivity index (χ0v) is 34.7. The second kappa shape index (κ2) is 17.5. The van der Waals surface area contributed by atoms with Crippen LogP contribution in [0.3, 0.4) is 0 Å². The molecule has 7 rings (SSSR count). The number of piperazine rings is 1. The van der Waals surface area contributed by atoms with Gasteiger partial charge in [0.1, 0.15) is 19.2 Å². The van der Waals surface area contributed by atoms with Gasteiger partial charge in [0.15, 0.2) is 0 Å². The number of nitriles is 1. The van der Waals surface area contributed by atoms with Crippen LogP contribution in [-0.4, -0.2) is 109 Å². The number of amides is 1. The van der Waals surface area contributed by atoms with Crippen LogP contribution in [0.15, 0.2) is 48.7 Å². The van der Waals surface area contributed by atoms with E-state index < -0.39 is 31.9 Å². The molecular formula is C41H52F3N9O4Si. The number of halogens is 3. The van der Waals surface area contributed by atoms with E-state index in [2.05, 4.69) is 42.8 Å². The molecule has 4 aromatic rings. The lowest BCUT2D eigenvalue weighted by atomic mass is 10.00. The molecule has 0 saturated carbocycles. The quantitative estimate of drug-likeness (QED) is 0.105. The molecule has 0 spiro atoms. The summed E-state index contributed by atoms with van der Waals surface area (Å²) < 4.78 is 63.8. The number of ether oxygens (including phenoxy) is 3. The molecule has 2 saturated heterocycles. The Morgan fingerprint density at radius 2 is 1.83 bits per heavy atom. The summed E-state index contributed by atoms with van der Waals surface area (Å²) >= 11 is 0. The van der Waals surface area contributed by atoms with Gasteiger partial charge in [-0.3, -0.25) is 0 Å². The van der Waals surface area contributed by atoms with Crippen LogP contribution < -0.4 is 14.5 Å². The first-order valence-electron chi connectivity index (χ1n) is 20.0. The number of benzene rings is 2. The van der Waals surface area contributed by atoms with Crippen LogP contribution in [-0.2, 0) is 42.0 Å². The van der Waals surface area contributed by atoms with Crippen molar-refractivity contribution in [3.05, 3.63) is 71.0 Å². The molecule has 13 nitrogen and oxygen atoms in total. The third-order valence-electron chi connectivity index (χ3n) is 11.1. The Labute approximate surface area is 338 Å². The first-order valence-corrected chi connectivity index (χ1v) is 23.7. The lowest BCUT2D eigenvalue weighted by molar-refractivity contribution is -0.137. The number of aromatic nitrogens is 4. The monoisotopic (exact) mass is 819 g/mol. The summed E-state index contributed by atoms with van der Waals surface area (Å²) in [6, 6.07) is 14.9. The van der Waals surface area contributed by atoms with Crippen molar-refractivity contribution < 1.29 is 32.2 Å². The second-order valence-corrected chi connectivity index (χ2v) is 22.4. The molecule has 58 heavy (non-hydrogen) atoms. The molecule has 0 N–H and O–H groups in total. The van der Waals surface area contributed by atoms with Gasteiger partial charge in [-0.1, -0.05) is 50.0 Å². The lowest BCUT2D eigenvalue weighted by Gasteiger charge is -2.42. The van der Waals surface area contributed by atoms with Gasteiger partial charge < -0.3 is 33.8 Å². The largest absolute Gasteiger partial charge is 0.463 e. The number of fused-ring (bicyclic) bond motifs is 2. The molecule has 0 bridgehead atoms. The summed E-state index contributed by atoms with van der Waals surface area (Å²) in [6.07, 6.45) is -2.20. The van der Waals surface area contributed by atoms with E-state index in [9.17, 15) is 23.2 Å². The first kappa shape index (κ1) is 41.2. The molecule has 2 aromatic heterocycles. The number of likely N-dealkylation sites (tertiary alicyclic amines) is 1. The van der Waals surface area contributed by atoms with E-state index in [-0.39, 0.29) is 57.0 Å². The van der Waals surface area contributed by atoms with Crippen molar-refractivity contribution in [2.24, 2.45) is 5.92 Å². The summed E-state index contributed by atoms with van der Waals surface area (Å²) in [4.78, 5) is 30.7. The maximum atomic E-state index is 14.8. The van der Waals surface area contributed by atoms with Crippen molar-refractivity contribution >= 4 is 36.6 Å². The number of anilines is 2. The molecule has 0 aliphatic carbocycles. The maximum absolute atomic E-state index is 14.8. The average molecular weight is 820 g/mol. The van der Waals surface area contributed by atoms with Crippen LogP contribution in [0.25, 0.3) is 10.9 Å². The molecule has 1 amide bonds. The SMILES string of the molecule is CN1CC[C@@H](COc2nc3c(c(N4CCN(C(=O)OCc5ccccc5)C(CC#N)C4)n2)CCN(c2c(C(F)(F)F)ccc4c2cnn4COCC[Si](C)(C)C)C3)C1. The van der Waals surface area contributed by atoms with Gasteiger partial charge in [-0.25, -0.2) is 9.48 Å². The van der Waals surface area contributed by atoms with E-state index >= 15 is 0 Å². The Bertz CT molecular complexity index is 2110. The van der Waals surface area contributed by atoms with Crippen LogP contribution in [0.5, 0.6) is 6.01 Å². The van der Waals surface area contributed by atoms with Gasteiger partial charge in [-0.05, 0) is 50.2 Å². The Balaban J connectivity index is 1.17. The van der Waals surface area contributed by atoms with E-state index in [0.29, 0.717) is 55.1 Å². The van der Waals surface area contributed by atoms with Gasteiger partial charge in [0.25, 0.3) is 0 Å². The van der Waals surface area contributed by atoms with Crippen LogP contribution in [0.4, 0.5) is 29.5 Å². The van der Waals surface area contributed by atoms with Crippen molar-refractivity contribution in [3.63, 3.8) is 0 Å². The van der Waals surface area contributed by atoms with Gasteiger partial charge in [0.05, 0.1) is 60.3 Å². The Morgan fingerprint density at radius 3 is 2.55 bits per heavy atom. The number of carbonyl (C=O) groups excluding carboxylic acids is 1. The van der Waals surface area contributed by atoms with Crippen LogP contribution in [0.1, 0.15) is 35.2 Å². The predicted molar refractivity (Wildman–Crippen MR) is 216 cm³/mol. The summed E-state index contributed by atoms with van der Waals surface area (Å²) in [5.41, 5.74) is 2.11. The zero-order chi connectivity index (χ0) is 41.0. The van der Waals surface area contributed by atoms with E-state index in [1.165, 1.54) is 12.3 Å². The van der Waals surface area contributed by atoms with Gasteiger partial charge >= 0.3 is 18.3 Å². The van der Waals surface area contributed by atoms with Crippen molar-refractivity contribution in [2.45, 2.75) is 77.0 Å². The summed E-state index contributed by atoms with van der Waals surface area (Å²) in [5.74, 6) is 0.902. The minimum atomic E-state index is -4.61. The highest BCUT2D eigenvalue weighted by atomic mass is 28.3. The van der Waals surface area contributed by atoms with Crippen molar-refractivity contribution in [3.8, 4) is 12.1 Å². The topological polar surface area (TPSA) is 125 Å². The molecule has 1 unspecified atom stereocenters. The standard InChI is InChI=1S/C41H52F3N9O4Si/c1-49-16-13-30(23-49)27-56-39-47-35-25-50(37-33-22-46-53(28-55-20-21-58(2,3)4)36(33)11-10-34(37)41(42,43)44)17-14-32(35)38(48-39)51-18-19-52(31(24-51)12-15-45)40(54)57-26-29-8-6-5-7-9-29/h5-11,22,30-31H,12-14,16-21,23-28H2,1-4H3/t30-,31?/m1/s1. The van der Waals surface area contributed by atoms with Gasteiger partial charge in [-0.2, -0.15) is 33.5 Å². The smallest absolute Gasteiger partial charge is 0.418 e. The maximum Gasteiger partial charge on any atom is 0.418 e. The molecule has 3 aliphatic heterocycles. The molecular weight excluding hydrogens is 768 g/mol. The Kier molecular flexibility index (Phi) is 12.5. The molecule has 3 aliphatic rings. The highest BCUT2D eigenvalue weighted by molar-refractivity contribution is 6.76. The minimum Gasteiger partial charge on any atom is -0.463 e. The Hall–Kier alpha value is -4.92. The Morgan fingerprint density at radius 1 is 1.02 bits per heavy atom. The fourth-order valence-corrected chi connectivity index (χ4v) is 8.73. The van der Waals surface area contributed by atoms with E-state index in [0.717, 1.165) is 42.7 Å². The van der Waals surface area contributed by atoms with Crippen LogP contribution in [0.2, 0.25) is 25.7 Å². The summed E-state index contributed by atoms with van der Waals surface area (Å²) in [7, 11) is 0.737. The third kappa shape index (κ3) is 9.67. The van der Waals surface area contributed by atoms with Gasteiger partial charge in [-0.15, -0.1) is 0 Å². The van der Waals surface area contributed by atoms with Crippen molar-refractivity contribution in [2.75, 3.05) is 69.3 Å². The van der Waals surface area contributed by atoms with E-state index in [1.54, 1.807) is 14.5 Å². The minimum absolute atomic E-state index is 0.0531. The van der Waals surface area contributed by atoms with E-state index in [1.807, 2.05) is 35.2 Å². The average Bonchev–Trinajstić information content (AvgIpc) is 3.82. The summed E-state index contributed by atoms with van der Waals surface area (Å²) in [5, 5.41) is 14.7. The first-order chi connectivity index (χ1) is 27.8. The number of hydrogen-bond donors (Lipinski definition) is 0. The molecule has 2 aromatic carbocycles. The normalized spacial score (nSPS) is 19.0. The fourth-order valence-electron chi connectivity index (χ4n) is 7.97. The molecule has 5 heterocycles. The van der Waals surface area contributed by atoms with Crippen LogP contribution >= 0.6 is 0 Å². The second-order valence-electron chi connectivity index (χ2n) is 16.7. The van der Waals surface area contributed by atoms with Crippen LogP contribution in [0, 0.1) is 17.2 Å². The zero-order valence-electron chi connectivity index (χ0n) is 33.7. The van der Waals surface area contributed by atoms with E-state index in [4.69, 9.17) is 24.2 Å². The highest BCUT2D eigenvalue weighted by Crippen LogP contribution is 2.43. The number of carbonyl (C=O) groups is 1. The molecule has 0 radical (unpaired) electrons. The third-order valence-corrected chi connectivity index (χ3v) is 12.8.